The number of anilines is 1. The largest absolute Gasteiger partial charge is 0.296 e. The number of pyridine rings is 1. The summed E-state index contributed by atoms with van der Waals surface area (Å²) >= 11 is 1.26. The van der Waals surface area contributed by atoms with E-state index in [1.807, 2.05) is 24.4 Å². The van der Waals surface area contributed by atoms with Crippen LogP contribution in [-0.4, -0.2) is 26.1 Å². The van der Waals surface area contributed by atoms with Crippen LogP contribution in [0.5, 0.6) is 0 Å². The number of nitrogens with one attached hydrogen (secondary N) is 1. The van der Waals surface area contributed by atoms with Crippen LogP contribution in [0.4, 0.5) is 5.13 Å². The van der Waals surface area contributed by atoms with Crippen molar-refractivity contribution in [1.29, 1.82) is 0 Å². The van der Waals surface area contributed by atoms with E-state index in [-0.39, 0.29) is 17.1 Å². The molecule has 0 aliphatic heterocycles. The molecule has 1 aliphatic rings. The fourth-order valence-electron chi connectivity index (χ4n) is 3.32. The summed E-state index contributed by atoms with van der Waals surface area (Å²) in [5.41, 5.74) is 2.56. The second-order valence-corrected chi connectivity index (χ2v) is 8.16. The van der Waals surface area contributed by atoms with Crippen molar-refractivity contribution in [2.24, 2.45) is 5.41 Å². The molecule has 6 nitrogen and oxygen atoms in total. The number of thiazole rings is 1. The van der Waals surface area contributed by atoms with Gasteiger partial charge in [-0.2, -0.15) is 0 Å². The van der Waals surface area contributed by atoms with Crippen molar-refractivity contribution in [3.05, 3.63) is 46.4 Å². The smallest absolute Gasteiger partial charge is 0.276 e. The molecule has 0 saturated heterocycles. The highest BCUT2D eigenvalue weighted by atomic mass is 32.1. The van der Waals surface area contributed by atoms with Gasteiger partial charge in [-0.1, -0.05) is 31.3 Å². The lowest BCUT2D eigenvalue weighted by Crippen LogP contribution is -2.26. The number of amides is 1. The Morgan fingerprint density at radius 3 is 2.88 bits per heavy atom. The number of hydrogen-bond acceptors (Lipinski definition) is 5. The van der Waals surface area contributed by atoms with Crippen LogP contribution >= 0.6 is 11.3 Å². The second-order valence-electron chi connectivity index (χ2n) is 7.16. The van der Waals surface area contributed by atoms with Crippen molar-refractivity contribution >= 4 is 33.8 Å². The Morgan fingerprint density at radius 2 is 2.08 bits per heavy atom. The van der Waals surface area contributed by atoms with Gasteiger partial charge in [0.1, 0.15) is 11.3 Å². The van der Waals surface area contributed by atoms with Gasteiger partial charge in [-0.15, -0.1) is 0 Å². The molecule has 0 unspecified atom stereocenters. The third-order valence-electron chi connectivity index (χ3n) is 4.38. The number of Topliss-reactive ketones (excluding diaryl/α,β-unsaturated/α-hetero) is 1. The number of carbonyl (C=O) groups is 2. The zero-order valence-electron chi connectivity index (χ0n) is 14.3. The van der Waals surface area contributed by atoms with Crippen LogP contribution in [-0.2, 0) is 6.42 Å². The predicted octanol–water partition coefficient (Wildman–Crippen LogP) is 3.51. The Bertz CT molecular complexity index is 1020. The van der Waals surface area contributed by atoms with Gasteiger partial charge < -0.3 is 0 Å². The molecule has 0 fully saturated rings. The molecule has 3 heterocycles. The fraction of sp³-hybridized carbons (Fsp3) is 0.333. The normalized spacial score (nSPS) is 16.0. The molecule has 3 aromatic heterocycles. The average molecular weight is 354 g/mol. The second kappa shape index (κ2) is 5.49. The van der Waals surface area contributed by atoms with E-state index in [1.165, 1.54) is 11.3 Å². The number of imidazole rings is 1. The molecule has 1 N–H and O–H groups in total. The van der Waals surface area contributed by atoms with Gasteiger partial charge in [0.2, 0.25) is 0 Å². The molecule has 7 heteroatoms. The van der Waals surface area contributed by atoms with E-state index in [4.69, 9.17) is 0 Å². The number of rotatable bonds is 2. The first-order valence-corrected chi connectivity index (χ1v) is 8.94. The van der Waals surface area contributed by atoms with Gasteiger partial charge >= 0.3 is 0 Å². The van der Waals surface area contributed by atoms with Crippen molar-refractivity contribution in [1.82, 2.24) is 14.4 Å². The lowest BCUT2D eigenvalue weighted by Gasteiger charge is -2.26. The Kier molecular flexibility index (Phi) is 3.50. The van der Waals surface area contributed by atoms with E-state index >= 15 is 0 Å². The topological polar surface area (TPSA) is 76.4 Å². The van der Waals surface area contributed by atoms with Crippen LogP contribution in [0, 0.1) is 12.3 Å². The standard InChI is InChI=1S/C18H18N4O2S/c1-10-14(22-7-5-4-6-13(22)19-10)16(24)21-17-20-11-8-18(2,3)9-12(23)15(11)25-17/h4-7H,8-9H2,1-3H3,(H,20,21,24). The summed E-state index contributed by atoms with van der Waals surface area (Å²) in [6, 6.07) is 5.59. The molecule has 1 amide bonds. The maximum absolute atomic E-state index is 12.7. The van der Waals surface area contributed by atoms with Crippen LogP contribution in [0.15, 0.2) is 24.4 Å². The summed E-state index contributed by atoms with van der Waals surface area (Å²) in [6.07, 6.45) is 3.07. The first kappa shape index (κ1) is 16.0. The predicted molar refractivity (Wildman–Crippen MR) is 96.4 cm³/mol. The molecule has 0 bridgehead atoms. The number of aromatic nitrogens is 3. The van der Waals surface area contributed by atoms with E-state index in [0.717, 1.165) is 17.8 Å². The molecule has 128 valence electrons. The third kappa shape index (κ3) is 2.74. The quantitative estimate of drug-likeness (QED) is 0.764. The van der Waals surface area contributed by atoms with Crippen LogP contribution in [0.25, 0.3) is 5.65 Å². The molecular weight excluding hydrogens is 336 g/mol. The first-order chi connectivity index (χ1) is 11.8. The minimum absolute atomic E-state index is 0.0856. The maximum Gasteiger partial charge on any atom is 0.276 e. The SMILES string of the molecule is Cc1nc2ccccn2c1C(=O)Nc1nc2c(s1)C(=O)CC(C)(C)C2. The Hall–Kier alpha value is -2.54. The summed E-state index contributed by atoms with van der Waals surface area (Å²) in [4.78, 5) is 34.6. The minimum Gasteiger partial charge on any atom is -0.296 e. The van der Waals surface area contributed by atoms with Crippen LogP contribution < -0.4 is 5.32 Å². The van der Waals surface area contributed by atoms with Crippen LogP contribution in [0.2, 0.25) is 0 Å². The molecule has 0 radical (unpaired) electrons. The lowest BCUT2D eigenvalue weighted by molar-refractivity contribution is 0.0915. The number of nitrogens with zero attached hydrogens (tertiary/aromatic N) is 3. The summed E-state index contributed by atoms with van der Waals surface area (Å²) in [5.74, 6) is -0.163. The highest BCUT2D eigenvalue weighted by molar-refractivity contribution is 7.17. The Morgan fingerprint density at radius 1 is 1.28 bits per heavy atom. The molecule has 3 aromatic rings. The van der Waals surface area contributed by atoms with Crippen molar-refractivity contribution in [3.8, 4) is 0 Å². The van der Waals surface area contributed by atoms with Gasteiger partial charge in [-0.25, -0.2) is 9.97 Å². The molecular formula is C18H18N4O2S. The number of ketones is 1. The number of fused-ring (bicyclic) bond motifs is 2. The monoisotopic (exact) mass is 354 g/mol. The van der Waals surface area contributed by atoms with Gasteiger partial charge in [-0.3, -0.25) is 19.3 Å². The van der Waals surface area contributed by atoms with Crippen LogP contribution in [0.3, 0.4) is 0 Å². The minimum atomic E-state index is -0.269. The fourth-order valence-corrected chi connectivity index (χ4v) is 4.23. The maximum atomic E-state index is 12.7. The van der Waals surface area contributed by atoms with E-state index in [9.17, 15) is 9.59 Å². The van der Waals surface area contributed by atoms with E-state index < -0.39 is 0 Å². The van der Waals surface area contributed by atoms with Gasteiger partial charge in [0.15, 0.2) is 10.9 Å². The summed E-state index contributed by atoms with van der Waals surface area (Å²) < 4.78 is 1.76. The summed E-state index contributed by atoms with van der Waals surface area (Å²) in [6.45, 7) is 5.93. The van der Waals surface area contributed by atoms with Crippen molar-refractivity contribution < 1.29 is 9.59 Å². The Balaban J connectivity index is 1.66. The molecule has 0 spiro atoms. The van der Waals surface area contributed by atoms with Crippen molar-refractivity contribution in [3.63, 3.8) is 0 Å². The molecule has 0 saturated carbocycles. The number of aryl methyl sites for hydroxylation is 1. The highest BCUT2D eigenvalue weighted by Crippen LogP contribution is 2.38. The van der Waals surface area contributed by atoms with Gasteiger partial charge in [0.25, 0.3) is 5.91 Å². The third-order valence-corrected chi connectivity index (χ3v) is 5.43. The van der Waals surface area contributed by atoms with Crippen molar-refractivity contribution in [2.45, 2.75) is 33.6 Å². The molecule has 0 atom stereocenters. The molecule has 0 aromatic carbocycles. The zero-order valence-corrected chi connectivity index (χ0v) is 15.1. The van der Waals surface area contributed by atoms with Crippen LogP contribution in [0.1, 0.15) is 51.8 Å². The summed E-state index contributed by atoms with van der Waals surface area (Å²) in [7, 11) is 0. The summed E-state index contributed by atoms with van der Waals surface area (Å²) in [5, 5.41) is 3.30. The lowest BCUT2D eigenvalue weighted by atomic mass is 9.78. The van der Waals surface area contributed by atoms with Gasteiger partial charge in [0, 0.05) is 12.6 Å². The van der Waals surface area contributed by atoms with Gasteiger partial charge in [0.05, 0.1) is 16.3 Å². The molecule has 1 aliphatic carbocycles. The average Bonchev–Trinajstić information content (AvgIpc) is 3.05. The molecule has 25 heavy (non-hydrogen) atoms. The number of hydrogen-bond donors (Lipinski definition) is 1. The molecule has 4 rings (SSSR count). The first-order valence-electron chi connectivity index (χ1n) is 8.12. The Labute approximate surface area is 148 Å². The van der Waals surface area contributed by atoms with E-state index in [0.29, 0.717) is 27.8 Å². The zero-order chi connectivity index (χ0) is 17.8. The highest BCUT2D eigenvalue weighted by Gasteiger charge is 2.34. The van der Waals surface area contributed by atoms with Gasteiger partial charge in [-0.05, 0) is 30.9 Å². The number of carbonyl (C=O) groups excluding carboxylic acids is 2. The van der Waals surface area contributed by atoms with E-state index in [2.05, 4.69) is 29.1 Å². The van der Waals surface area contributed by atoms with E-state index in [1.54, 1.807) is 11.3 Å². The van der Waals surface area contributed by atoms with Crippen molar-refractivity contribution in [2.75, 3.05) is 5.32 Å².